The Morgan fingerprint density at radius 1 is 1.43 bits per heavy atom. The van der Waals surface area contributed by atoms with Crippen molar-refractivity contribution in [1.29, 1.82) is 0 Å². The predicted octanol–water partition coefficient (Wildman–Crippen LogP) is 3.07. The summed E-state index contributed by atoms with van der Waals surface area (Å²) in [6.45, 7) is 5.05. The van der Waals surface area contributed by atoms with Crippen molar-refractivity contribution in [2.24, 2.45) is 0 Å². The Balaban J connectivity index is 2.31. The minimum absolute atomic E-state index is 0.0760. The van der Waals surface area contributed by atoms with Gasteiger partial charge in [0.1, 0.15) is 5.82 Å². The Kier molecular flexibility index (Phi) is 5.58. The molecule has 2 aromatic rings. The van der Waals surface area contributed by atoms with Gasteiger partial charge in [-0.1, -0.05) is 18.5 Å². The van der Waals surface area contributed by atoms with Gasteiger partial charge in [-0.15, -0.1) is 0 Å². The molecular formula is C14H16ClIN4O. The summed E-state index contributed by atoms with van der Waals surface area (Å²) in [6.07, 6.45) is 2.54. The predicted molar refractivity (Wildman–Crippen MR) is 93.1 cm³/mol. The highest BCUT2D eigenvalue weighted by Gasteiger charge is 2.09. The first-order valence-electron chi connectivity index (χ1n) is 6.63. The highest BCUT2D eigenvalue weighted by molar-refractivity contribution is 14.1. The van der Waals surface area contributed by atoms with E-state index in [1.54, 1.807) is 6.07 Å². The highest BCUT2D eigenvalue weighted by atomic mass is 127. The summed E-state index contributed by atoms with van der Waals surface area (Å²) in [5.74, 6) is 0.763. The summed E-state index contributed by atoms with van der Waals surface area (Å²) < 4.78 is 2.14. The highest BCUT2D eigenvalue weighted by Crippen LogP contribution is 2.17. The Labute approximate surface area is 141 Å². The zero-order valence-electron chi connectivity index (χ0n) is 11.9. The fraction of sp³-hybridized carbons (Fsp3) is 0.357. The first-order chi connectivity index (χ1) is 10.0. The molecule has 0 radical (unpaired) electrons. The molecule has 2 heterocycles. The van der Waals surface area contributed by atoms with E-state index in [2.05, 4.69) is 22.2 Å². The minimum atomic E-state index is -0.0760. The minimum Gasteiger partial charge on any atom is -0.370 e. The van der Waals surface area contributed by atoms with Crippen molar-refractivity contribution in [1.82, 2.24) is 14.5 Å². The van der Waals surface area contributed by atoms with E-state index >= 15 is 0 Å². The average Bonchev–Trinajstić information content (AvgIpc) is 2.48. The van der Waals surface area contributed by atoms with Crippen LogP contribution in [0.5, 0.6) is 0 Å². The molecule has 0 aliphatic heterocycles. The van der Waals surface area contributed by atoms with E-state index in [4.69, 9.17) is 11.6 Å². The first-order valence-corrected chi connectivity index (χ1v) is 8.09. The Bertz CT molecular complexity index is 702. The summed E-state index contributed by atoms with van der Waals surface area (Å²) in [5.41, 5.74) is 1.31. The third kappa shape index (κ3) is 3.94. The van der Waals surface area contributed by atoms with Crippen LogP contribution >= 0.6 is 34.2 Å². The van der Waals surface area contributed by atoms with Crippen LogP contribution in [0.2, 0.25) is 5.02 Å². The molecule has 0 fully saturated rings. The fourth-order valence-electron chi connectivity index (χ4n) is 1.77. The molecule has 0 atom stereocenters. The van der Waals surface area contributed by atoms with Gasteiger partial charge in [-0.05, 0) is 48.1 Å². The molecule has 21 heavy (non-hydrogen) atoms. The van der Waals surface area contributed by atoms with Crippen molar-refractivity contribution in [3.05, 3.63) is 48.8 Å². The molecular weight excluding hydrogens is 403 g/mol. The molecule has 1 N–H and O–H groups in total. The fourth-order valence-corrected chi connectivity index (χ4v) is 2.38. The van der Waals surface area contributed by atoms with Crippen LogP contribution in [0.4, 0.5) is 5.82 Å². The van der Waals surface area contributed by atoms with Gasteiger partial charge < -0.3 is 5.32 Å². The number of anilines is 1. The van der Waals surface area contributed by atoms with Crippen LogP contribution in [0.15, 0.2) is 23.3 Å². The maximum absolute atomic E-state index is 12.2. The summed E-state index contributed by atoms with van der Waals surface area (Å²) in [5, 5.41) is 3.75. The molecule has 112 valence electrons. The number of aryl methyl sites for hydroxylation is 1. The van der Waals surface area contributed by atoms with Gasteiger partial charge in [-0.2, -0.15) is 0 Å². The lowest BCUT2D eigenvalue weighted by Gasteiger charge is -2.10. The van der Waals surface area contributed by atoms with E-state index in [1.165, 1.54) is 10.9 Å². The van der Waals surface area contributed by atoms with E-state index in [9.17, 15) is 4.79 Å². The van der Waals surface area contributed by atoms with Crippen molar-refractivity contribution in [2.75, 3.05) is 11.9 Å². The van der Waals surface area contributed by atoms with Crippen molar-refractivity contribution in [3.8, 4) is 0 Å². The monoisotopic (exact) mass is 418 g/mol. The summed E-state index contributed by atoms with van der Waals surface area (Å²) >= 11 is 8.18. The van der Waals surface area contributed by atoms with Crippen LogP contribution in [0, 0.1) is 10.5 Å². The smallest absolute Gasteiger partial charge is 0.267 e. The van der Waals surface area contributed by atoms with Gasteiger partial charge in [-0.3, -0.25) is 9.36 Å². The van der Waals surface area contributed by atoms with Gasteiger partial charge in [0.05, 0.1) is 32.9 Å². The normalized spacial score (nSPS) is 10.7. The molecule has 5 nitrogen and oxygen atoms in total. The first kappa shape index (κ1) is 16.2. The van der Waals surface area contributed by atoms with Gasteiger partial charge in [0.25, 0.3) is 5.56 Å². The van der Waals surface area contributed by atoms with E-state index in [0.717, 1.165) is 24.5 Å². The number of hydrogen-bond acceptors (Lipinski definition) is 4. The Hall–Kier alpha value is -1.15. The van der Waals surface area contributed by atoms with Gasteiger partial charge in [0, 0.05) is 6.54 Å². The average molecular weight is 419 g/mol. The molecule has 0 amide bonds. The van der Waals surface area contributed by atoms with Crippen LogP contribution in [-0.2, 0) is 6.54 Å². The van der Waals surface area contributed by atoms with Crippen molar-refractivity contribution < 1.29 is 0 Å². The quantitative estimate of drug-likeness (QED) is 0.758. The van der Waals surface area contributed by atoms with Crippen molar-refractivity contribution in [2.45, 2.75) is 26.8 Å². The molecule has 0 unspecified atom stereocenters. The van der Waals surface area contributed by atoms with E-state index < -0.39 is 0 Å². The van der Waals surface area contributed by atoms with Crippen LogP contribution in [0.25, 0.3) is 0 Å². The van der Waals surface area contributed by atoms with Crippen LogP contribution < -0.4 is 10.9 Å². The van der Waals surface area contributed by atoms with E-state index in [1.807, 2.05) is 35.6 Å². The number of pyridine rings is 1. The second-order valence-electron chi connectivity index (χ2n) is 4.63. The van der Waals surface area contributed by atoms with Gasteiger partial charge in [0.15, 0.2) is 0 Å². The topological polar surface area (TPSA) is 59.8 Å². The second-order valence-corrected chi connectivity index (χ2v) is 6.11. The van der Waals surface area contributed by atoms with E-state index in [0.29, 0.717) is 20.8 Å². The molecule has 0 aliphatic carbocycles. The standard InChI is InChI=1S/C14H16ClIN4O/c1-3-6-17-12-5-4-10(15)11(19-12)7-20-8-18-9(2)13(16)14(20)21/h4-5,8H,3,6-7H2,1-2H3,(H,17,19). The number of aromatic nitrogens is 3. The van der Waals surface area contributed by atoms with Crippen molar-refractivity contribution >= 4 is 40.0 Å². The summed E-state index contributed by atoms with van der Waals surface area (Å²) in [6, 6.07) is 3.63. The molecule has 2 rings (SSSR count). The molecule has 0 saturated heterocycles. The zero-order chi connectivity index (χ0) is 15.4. The summed E-state index contributed by atoms with van der Waals surface area (Å²) in [7, 11) is 0. The van der Waals surface area contributed by atoms with Gasteiger partial charge in [0.2, 0.25) is 0 Å². The molecule has 0 aromatic carbocycles. The Morgan fingerprint density at radius 2 is 2.19 bits per heavy atom. The lowest BCUT2D eigenvalue weighted by atomic mass is 10.3. The van der Waals surface area contributed by atoms with Crippen molar-refractivity contribution in [3.63, 3.8) is 0 Å². The van der Waals surface area contributed by atoms with Gasteiger partial charge >= 0.3 is 0 Å². The molecule has 0 aliphatic rings. The third-order valence-electron chi connectivity index (χ3n) is 2.95. The SMILES string of the molecule is CCCNc1ccc(Cl)c(Cn2cnc(C)c(I)c2=O)n1. The molecule has 7 heteroatoms. The molecule has 0 saturated carbocycles. The lowest BCUT2D eigenvalue weighted by molar-refractivity contribution is 0.708. The van der Waals surface area contributed by atoms with Crippen LogP contribution in [-0.4, -0.2) is 21.1 Å². The number of nitrogens with one attached hydrogen (secondary N) is 1. The Morgan fingerprint density at radius 3 is 2.90 bits per heavy atom. The second kappa shape index (κ2) is 7.22. The maximum atomic E-state index is 12.2. The summed E-state index contributed by atoms with van der Waals surface area (Å²) in [4.78, 5) is 20.9. The molecule has 0 spiro atoms. The third-order valence-corrected chi connectivity index (χ3v) is 4.54. The maximum Gasteiger partial charge on any atom is 0.267 e. The van der Waals surface area contributed by atoms with E-state index in [-0.39, 0.29) is 5.56 Å². The van der Waals surface area contributed by atoms with Crippen LogP contribution in [0.3, 0.4) is 0 Å². The number of nitrogens with zero attached hydrogens (tertiary/aromatic N) is 3. The van der Waals surface area contributed by atoms with Gasteiger partial charge in [-0.25, -0.2) is 9.97 Å². The molecule has 0 bridgehead atoms. The number of rotatable bonds is 5. The lowest BCUT2D eigenvalue weighted by Crippen LogP contribution is -2.25. The number of hydrogen-bond donors (Lipinski definition) is 1. The van der Waals surface area contributed by atoms with Crippen LogP contribution in [0.1, 0.15) is 24.7 Å². The largest absolute Gasteiger partial charge is 0.370 e. The molecule has 2 aromatic heterocycles. The number of halogens is 2. The zero-order valence-corrected chi connectivity index (χ0v) is 14.8.